The molecule has 0 bridgehead atoms. The fourth-order valence-corrected chi connectivity index (χ4v) is 4.30. The zero-order valence-electron chi connectivity index (χ0n) is 12.5. The predicted molar refractivity (Wildman–Crippen MR) is 80.2 cm³/mol. The summed E-state index contributed by atoms with van der Waals surface area (Å²) in [5, 5.41) is 7.73. The molecule has 1 aromatic carbocycles. The quantitative estimate of drug-likeness (QED) is 0.846. The second kappa shape index (κ2) is 5.69. The molecule has 0 N–H and O–H groups in total. The molecule has 0 amide bonds. The van der Waals surface area contributed by atoms with Crippen molar-refractivity contribution >= 4 is 10.0 Å². The van der Waals surface area contributed by atoms with Crippen LogP contribution in [0.5, 0.6) is 5.75 Å². The lowest BCUT2D eigenvalue weighted by Gasteiger charge is -2.17. The lowest BCUT2D eigenvalue weighted by molar-refractivity contribution is 0.410. The van der Waals surface area contributed by atoms with Gasteiger partial charge in [0.25, 0.3) is 0 Å². The van der Waals surface area contributed by atoms with Gasteiger partial charge >= 0.3 is 0 Å². The van der Waals surface area contributed by atoms with E-state index in [0.717, 1.165) is 12.0 Å². The SMILES string of the molecule is COc1ccc(S(=O)(=O)N2CCC(n3ccnn3)C2)cc1C. The zero-order valence-corrected chi connectivity index (χ0v) is 13.3. The van der Waals surface area contributed by atoms with Gasteiger partial charge < -0.3 is 4.74 Å². The minimum atomic E-state index is -3.49. The molecule has 1 aliphatic rings. The highest BCUT2D eigenvalue weighted by molar-refractivity contribution is 7.89. The summed E-state index contributed by atoms with van der Waals surface area (Å²) in [6.07, 6.45) is 4.10. The van der Waals surface area contributed by atoms with Gasteiger partial charge in [-0.25, -0.2) is 13.1 Å². The van der Waals surface area contributed by atoms with Crippen LogP contribution < -0.4 is 4.74 Å². The number of ether oxygens (including phenoxy) is 1. The maximum Gasteiger partial charge on any atom is 0.243 e. The van der Waals surface area contributed by atoms with Crippen LogP contribution in [0, 0.1) is 6.92 Å². The van der Waals surface area contributed by atoms with Crippen LogP contribution in [0.4, 0.5) is 0 Å². The van der Waals surface area contributed by atoms with Gasteiger partial charge in [0.05, 0.1) is 24.2 Å². The largest absolute Gasteiger partial charge is 0.496 e. The average Bonchev–Trinajstić information content (AvgIpc) is 3.18. The van der Waals surface area contributed by atoms with Gasteiger partial charge in [-0.05, 0) is 37.1 Å². The fraction of sp³-hybridized carbons (Fsp3) is 0.429. The molecular weight excluding hydrogens is 304 g/mol. The Labute approximate surface area is 129 Å². The molecule has 1 saturated heterocycles. The first-order valence-corrected chi connectivity index (χ1v) is 8.47. The topological polar surface area (TPSA) is 77.3 Å². The summed E-state index contributed by atoms with van der Waals surface area (Å²) in [7, 11) is -1.92. The number of hydrogen-bond donors (Lipinski definition) is 0. The Balaban J connectivity index is 1.83. The number of sulfonamides is 1. The molecule has 3 rings (SSSR count). The van der Waals surface area contributed by atoms with Crippen molar-refractivity contribution in [3.05, 3.63) is 36.2 Å². The maximum absolute atomic E-state index is 12.7. The van der Waals surface area contributed by atoms with E-state index in [0.29, 0.717) is 23.7 Å². The van der Waals surface area contributed by atoms with Crippen molar-refractivity contribution in [1.29, 1.82) is 0 Å². The number of nitrogens with zero attached hydrogens (tertiary/aromatic N) is 4. The molecule has 7 nitrogen and oxygen atoms in total. The monoisotopic (exact) mass is 322 g/mol. The number of aromatic nitrogens is 3. The molecule has 1 fully saturated rings. The van der Waals surface area contributed by atoms with Gasteiger partial charge in [0.15, 0.2) is 0 Å². The Kier molecular flexibility index (Phi) is 3.88. The Bertz CT molecular complexity index is 758. The first-order chi connectivity index (χ1) is 10.5. The molecule has 1 atom stereocenters. The molecule has 0 saturated carbocycles. The first-order valence-electron chi connectivity index (χ1n) is 7.03. The molecule has 1 aliphatic heterocycles. The van der Waals surface area contributed by atoms with Gasteiger partial charge in [-0.15, -0.1) is 5.10 Å². The van der Waals surface area contributed by atoms with E-state index in [-0.39, 0.29) is 6.04 Å². The molecule has 8 heteroatoms. The van der Waals surface area contributed by atoms with Crippen LogP contribution in [0.3, 0.4) is 0 Å². The van der Waals surface area contributed by atoms with E-state index >= 15 is 0 Å². The van der Waals surface area contributed by atoms with E-state index in [2.05, 4.69) is 10.3 Å². The summed E-state index contributed by atoms with van der Waals surface area (Å²) in [6.45, 7) is 2.73. The fourth-order valence-electron chi connectivity index (χ4n) is 2.72. The summed E-state index contributed by atoms with van der Waals surface area (Å²) in [5.41, 5.74) is 0.801. The van der Waals surface area contributed by atoms with Crippen LogP contribution in [-0.4, -0.2) is 47.9 Å². The van der Waals surface area contributed by atoms with Crippen molar-refractivity contribution < 1.29 is 13.2 Å². The molecule has 1 aromatic heterocycles. The van der Waals surface area contributed by atoms with E-state index < -0.39 is 10.0 Å². The summed E-state index contributed by atoms with van der Waals surface area (Å²) >= 11 is 0. The van der Waals surface area contributed by atoms with Crippen molar-refractivity contribution in [2.45, 2.75) is 24.3 Å². The zero-order chi connectivity index (χ0) is 15.7. The molecule has 2 heterocycles. The Morgan fingerprint density at radius 3 is 2.82 bits per heavy atom. The first kappa shape index (κ1) is 15.0. The van der Waals surface area contributed by atoms with E-state index in [9.17, 15) is 8.42 Å². The molecule has 0 radical (unpaired) electrons. The third-order valence-electron chi connectivity index (χ3n) is 3.95. The van der Waals surface area contributed by atoms with E-state index in [1.807, 2.05) is 6.92 Å². The van der Waals surface area contributed by atoms with Crippen LogP contribution in [0.1, 0.15) is 18.0 Å². The van der Waals surface area contributed by atoms with Gasteiger partial charge in [0.2, 0.25) is 10.0 Å². The van der Waals surface area contributed by atoms with Gasteiger partial charge in [-0.2, -0.15) is 4.31 Å². The molecule has 118 valence electrons. The Morgan fingerprint density at radius 1 is 1.36 bits per heavy atom. The number of methoxy groups -OCH3 is 1. The van der Waals surface area contributed by atoms with Crippen LogP contribution in [-0.2, 0) is 10.0 Å². The van der Waals surface area contributed by atoms with Gasteiger partial charge in [-0.1, -0.05) is 5.21 Å². The second-order valence-electron chi connectivity index (χ2n) is 5.32. The summed E-state index contributed by atoms with van der Waals surface area (Å²) in [4.78, 5) is 0.296. The summed E-state index contributed by atoms with van der Waals surface area (Å²) < 4.78 is 33.9. The average molecular weight is 322 g/mol. The lowest BCUT2D eigenvalue weighted by Crippen LogP contribution is -2.29. The van der Waals surface area contributed by atoms with Crippen molar-refractivity contribution in [2.75, 3.05) is 20.2 Å². The number of benzene rings is 1. The van der Waals surface area contributed by atoms with Crippen LogP contribution in [0.15, 0.2) is 35.5 Å². The second-order valence-corrected chi connectivity index (χ2v) is 7.26. The smallest absolute Gasteiger partial charge is 0.243 e. The molecular formula is C14H18N4O3S. The predicted octanol–water partition coefficient (Wildman–Crippen LogP) is 1.23. The minimum absolute atomic E-state index is 0.0385. The minimum Gasteiger partial charge on any atom is -0.496 e. The third kappa shape index (κ3) is 2.59. The molecule has 0 spiro atoms. The van der Waals surface area contributed by atoms with Crippen LogP contribution >= 0.6 is 0 Å². The normalized spacial score (nSPS) is 19.5. The van der Waals surface area contributed by atoms with E-state index in [4.69, 9.17) is 4.74 Å². The summed E-state index contributed by atoms with van der Waals surface area (Å²) in [5.74, 6) is 0.681. The van der Waals surface area contributed by atoms with Crippen LogP contribution in [0.25, 0.3) is 0 Å². The van der Waals surface area contributed by atoms with Gasteiger partial charge in [0.1, 0.15) is 5.75 Å². The third-order valence-corrected chi connectivity index (χ3v) is 5.81. The summed E-state index contributed by atoms with van der Waals surface area (Å²) in [6, 6.07) is 4.96. The molecule has 1 unspecified atom stereocenters. The van der Waals surface area contributed by atoms with E-state index in [1.165, 1.54) is 4.31 Å². The standard InChI is InChI=1S/C14H18N4O3S/c1-11-9-13(3-4-14(11)21-2)22(19,20)17-7-5-12(10-17)18-8-6-15-16-18/h3-4,6,8-9,12H,5,7,10H2,1-2H3. The Morgan fingerprint density at radius 2 is 2.18 bits per heavy atom. The molecule has 22 heavy (non-hydrogen) atoms. The molecule has 2 aromatic rings. The van der Waals surface area contributed by atoms with Crippen LogP contribution in [0.2, 0.25) is 0 Å². The van der Waals surface area contributed by atoms with Crippen molar-refractivity contribution in [2.24, 2.45) is 0 Å². The number of rotatable bonds is 4. The van der Waals surface area contributed by atoms with Gasteiger partial charge in [-0.3, -0.25) is 0 Å². The molecule has 0 aliphatic carbocycles. The van der Waals surface area contributed by atoms with Crippen molar-refractivity contribution in [1.82, 2.24) is 19.3 Å². The number of hydrogen-bond acceptors (Lipinski definition) is 5. The number of aryl methyl sites for hydroxylation is 1. The highest BCUT2D eigenvalue weighted by atomic mass is 32.2. The highest BCUT2D eigenvalue weighted by Crippen LogP contribution is 2.29. The maximum atomic E-state index is 12.7. The lowest BCUT2D eigenvalue weighted by atomic mass is 10.2. The Hall–Kier alpha value is -1.93. The van der Waals surface area contributed by atoms with E-state index in [1.54, 1.807) is 42.4 Å². The van der Waals surface area contributed by atoms with Gasteiger partial charge in [0, 0.05) is 19.3 Å². The highest BCUT2D eigenvalue weighted by Gasteiger charge is 2.33. The van der Waals surface area contributed by atoms with Crippen molar-refractivity contribution in [3.8, 4) is 5.75 Å². The van der Waals surface area contributed by atoms with Crippen molar-refractivity contribution in [3.63, 3.8) is 0 Å².